The van der Waals surface area contributed by atoms with Crippen molar-refractivity contribution in [1.29, 1.82) is 0 Å². The quantitative estimate of drug-likeness (QED) is 0.108. The molecular weight excluding hydrogens is 661 g/mol. The molecule has 0 aliphatic carbocycles. The normalized spacial score (nSPS) is 12.1. The van der Waals surface area contributed by atoms with Gasteiger partial charge in [0, 0.05) is 30.7 Å². The Kier molecular flexibility index (Phi) is 9.20. The molecule has 0 N–H and O–H groups in total. The van der Waals surface area contributed by atoms with Crippen molar-refractivity contribution in [2.75, 3.05) is 0 Å². The molecule has 1 radical (unpaired) electrons. The molecule has 8 aromatic rings. The second-order valence-electron chi connectivity index (χ2n) is 15.7. The van der Waals surface area contributed by atoms with Crippen LogP contribution in [0.4, 0.5) is 0 Å². The minimum absolute atomic E-state index is 0.290. The van der Waals surface area contributed by atoms with E-state index in [4.69, 9.17) is 4.42 Å². The zero-order valence-electron chi connectivity index (χ0n) is 32.4. The first-order chi connectivity index (χ1) is 25.6. The second-order valence-corrected chi connectivity index (χ2v) is 18.7. The molecule has 4 heteroatoms. The van der Waals surface area contributed by atoms with Gasteiger partial charge >= 0.3 is 0 Å². The van der Waals surface area contributed by atoms with Crippen LogP contribution in [-0.4, -0.2) is 13.4 Å². The lowest BCUT2D eigenvalue weighted by Crippen LogP contribution is -2.31. The van der Waals surface area contributed by atoms with Gasteiger partial charge in [-0.2, -0.15) is 4.57 Å². The Morgan fingerprint density at radius 3 is 1.94 bits per heavy atom. The van der Waals surface area contributed by atoms with Crippen molar-refractivity contribution in [3.8, 4) is 39.3 Å². The molecule has 3 nitrogen and oxygen atoms in total. The Morgan fingerprint density at radius 2 is 1.28 bits per heavy atom. The van der Waals surface area contributed by atoms with Gasteiger partial charge in [-0.15, -0.1) is 0 Å². The van der Waals surface area contributed by atoms with Gasteiger partial charge in [0.2, 0.25) is 0 Å². The summed E-state index contributed by atoms with van der Waals surface area (Å²) in [5.41, 5.74) is 17.1. The van der Waals surface area contributed by atoms with Crippen LogP contribution in [0.2, 0.25) is 19.1 Å². The van der Waals surface area contributed by atoms with Gasteiger partial charge in [-0.3, -0.25) is 0 Å². The molecule has 0 atom stereocenters. The van der Waals surface area contributed by atoms with Crippen LogP contribution < -0.4 is 4.57 Å². The smallest absolute Gasteiger partial charge is 0.299 e. The first-order valence-electron chi connectivity index (χ1n) is 19.2. The number of para-hydroxylation sites is 1. The summed E-state index contributed by atoms with van der Waals surface area (Å²) < 4.78 is 11.8. The number of aryl methyl sites for hydroxylation is 3. The fourth-order valence-corrected chi connectivity index (χ4v) is 8.89. The summed E-state index contributed by atoms with van der Waals surface area (Å²) in [4.78, 5) is 0. The van der Waals surface area contributed by atoms with E-state index in [1.165, 1.54) is 67.3 Å². The van der Waals surface area contributed by atoms with Crippen LogP contribution in [-0.2, 0) is 13.5 Å². The van der Waals surface area contributed by atoms with Crippen LogP contribution >= 0.6 is 0 Å². The lowest BCUT2D eigenvalue weighted by Gasteiger charge is -2.21. The van der Waals surface area contributed by atoms with Crippen molar-refractivity contribution in [2.24, 2.45) is 7.05 Å². The average molecular weight is 711 g/mol. The van der Waals surface area contributed by atoms with E-state index in [1.54, 1.807) is 0 Å². The van der Waals surface area contributed by atoms with E-state index in [-0.39, 0.29) is 8.80 Å². The molecular formula is C49H50N2OSi+. The molecule has 0 amide bonds. The Bertz CT molecular complexity index is 2580. The molecule has 53 heavy (non-hydrogen) atoms. The summed E-state index contributed by atoms with van der Waals surface area (Å²) in [5.74, 6) is 1.73. The lowest BCUT2D eigenvalue weighted by molar-refractivity contribution is -0.633. The molecule has 265 valence electrons. The molecule has 0 aliphatic rings. The van der Waals surface area contributed by atoms with Crippen molar-refractivity contribution in [1.82, 2.24) is 4.57 Å². The second kappa shape index (κ2) is 14.0. The fourth-order valence-electron chi connectivity index (χ4n) is 8.10. The summed E-state index contributed by atoms with van der Waals surface area (Å²) in [6, 6.07) is 46.1. The summed E-state index contributed by atoms with van der Waals surface area (Å²) in [5, 5.41) is 2.31. The molecule has 2 aromatic heterocycles. The Morgan fingerprint density at radius 1 is 0.660 bits per heavy atom. The highest BCUT2D eigenvalue weighted by Crippen LogP contribution is 2.43. The third-order valence-electron chi connectivity index (χ3n) is 11.0. The number of nitrogens with zero attached hydrogens (tertiary/aromatic N) is 2. The maximum atomic E-state index is 6.80. The van der Waals surface area contributed by atoms with E-state index in [2.05, 4.69) is 185 Å². The predicted octanol–water partition coefficient (Wildman–Crippen LogP) is 13.2. The van der Waals surface area contributed by atoms with E-state index >= 15 is 0 Å². The minimum Gasteiger partial charge on any atom is -0.455 e. The fraction of sp³-hybridized carbons (Fsp3) is 0.245. The Hall–Kier alpha value is -5.19. The average Bonchev–Trinajstić information content (AvgIpc) is 3.68. The van der Waals surface area contributed by atoms with E-state index in [1.807, 2.05) is 0 Å². The first kappa shape index (κ1) is 34.9. The van der Waals surface area contributed by atoms with Gasteiger partial charge in [-0.05, 0) is 88.9 Å². The van der Waals surface area contributed by atoms with E-state index in [9.17, 15) is 0 Å². The minimum atomic E-state index is -0.323. The van der Waals surface area contributed by atoms with Gasteiger partial charge < -0.3 is 4.42 Å². The summed E-state index contributed by atoms with van der Waals surface area (Å²) in [6.45, 7) is 16.4. The summed E-state index contributed by atoms with van der Waals surface area (Å²) >= 11 is 0. The standard InChI is InChI=1S/C49H50N2OSi/c1-31(2)41-29-38(37-22-20-36(21-23-37)35-14-10-9-11-15-35)30-42(32(3)4)47(41)51-43-25-19-34(26-27-53(7)8)28-44(43)50(6)49(51)46-33(5)18-24-40-39-16-12-13-17-45(39)52-48(40)46/h9-25,28-32H,26-27H2,1-8H3/q+1. The number of hydrogen-bond donors (Lipinski definition) is 0. The predicted molar refractivity (Wildman–Crippen MR) is 227 cm³/mol. The van der Waals surface area contributed by atoms with Gasteiger partial charge in [-0.25, -0.2) is 4.57 Å². The van der Waals surface area contributed by atoms with Crippen molar-refractivity contribution >= 4 is 41.8 Å². The van der Waals surface area contributed by atoms with Crippen LogP contribution in [0.25, 0.3) is 72.3 Å². The van der Waals surface area contributed by atoms with Gasteiger partial charge in [-0.1, -0.05) is 138 Å². The topological polar surface area (TPSA) is 21.9 Å². The third kappa shape index (κ3) is 6.23. The molecule has 0 saturated heterocycles. The van der Waals surface area contributed by atoms with Gasteiger partial charge in [0.25, 0.3) is 5.82 Å². The number of furan rings is 1. The van der Waals surface area contributed by atoms with Crippen LogP contribution in [0.5, 0.6) is 0 Å². The number of imidazole rings is 1. The SMILES string of the molecule is Cc1ccc2c(oc3ccccc32)c1-c1n(-c2c(C(C)C)cc(-c3ccc(-c4ccccc4)cc3)cc2C(C)C)c2ccc(CC[Si](C)C)cc2[n+]1C. The number of hydrogen-bond acceptors (Lipinski definition) is 1. The molecule has 0 unspecified atom stereocenters. The highest BCUT2D eigenvalue weighted by molar-refractivity contribution is 6.55. The zero-order chi connectivity index (χ0) is 37.0. The Balaban J connectivity index is 1.42. The lowest BCUT2D eigenvalue weighted by atomic mass is 9.87. The maximum Gasteiger partial charge on any atom is 0.299 e. The Labute approximate surface area is 316 Å². The van der Waals surface area contributed by atoms with Crippen molar-refractivity contribution < 1.29 is 8.98 Å². The van der Waals surface area contributed by atoms with Crippen molar-refractivity contribution in [3.05, 3.63) is 144 Å². The van der Waals surface area contributed by atoms with Crippen LogP contribution in [0.15, 0.2) is 126 Å². The molecule has 2 heterocycles. The van der Waals surface area contributed by atoms with Gasteiger partial charge in [0.1, 0.15) is 16.8 Å². The van der Waals surface area contributed by atoms with Crippen LogP contribution in [0.1, 0.15) is 61.8 Å². The largest absolute Gasteiger partial charge is 0.455 e. The summed E-state index contributed by atoms with van der Waals surface area (Å²) in [6.07, 6.45) is 1.11. The number of fused-ring (bicyclic) bond motifs is 4. The highest BCUT2D eigenvalue weighted by Gasteiger charge is 2.34. The van der Waals surface area contributed by atoms with Crippen molar-refractivity contribution in [2.45, 2.75) is 72.0 Å². The van der Waals surface area contributed by atoms with Gasteiger partial charge in [0.05, 0.1) is 7.05 Å². The number of benzene rings is 6. The maximum absolute atomic E-state index is 6.80. The van der Waals surface area contributed by atoms with E-state index < -0.39 is 0 Å². The number of aromatic nitrogens is 2. The molecule has 0 spiro atoms. The molecule has 6 aromatic carbocycles. The molecule has 0 bridgehead atoms. The molecule has 0 saturated carbocycles. The van der Waals surface area contributed by atoms with E-state index in [0.717, 1.165) is 39.7 Å². The van der Waals surface area contributed by atoms with Gasteiger partial charge in [0.15, 0.2) is 16.6 Å². The number of rotatable bonds is 9. The van der Waals surface area contributed by atoms with E-state index in [0.29, 0.717) is 11.8 Å². The van der Waals surface area contributed by atoms with Crippen LogP contribution in [0, 0.1) is 6.92 Å². The van der Waals surface area contributed by atoms with Crippen molar-refractivity contribution in [3.63, 3.8) is 0 Å². The first-order valence-corrected chi connectivity index (χ1v) is 21.9. The molecule has 0 aliphatic heterocycles. The van der Waals surface area contributed by atoms with Crippen LogP contribution in [0.3, 0.4) is 0 Å². The summed E-state index contributed by atoms with van der Waals surface area (Å²) in [7, 11) is 1.93. The highest BCUT2D eigenvalue weighted by atomic mass is 28.3. The third-order valence-corrected chi connectivity index (χ3v) is 12.3. The molecule has 8 rings (SSSR count). The molecule has 0 fully saturated rings. The zero-order valence-corrected chi connectivity index (χ0v) is 33.4. The monoisotopic (exact) mass is 710 g/mol.